The van der Waals surface area contributed by atoms with Gasteiger partial charge in [-0.3, -0.25) is 4.79 Å². The first-order valence-electron chi connectivity index (χ1n) is 10.2. The van der Waals surface area contributed by atoms with Gasteiger partial charge in [-0.1, -0.05) is 29.3 Å². The smallest absolute Gasteiger partial charge is 0.147 e. The molecule has 1 N–H and O–H groups in total. The molecule has 2 nitrogen and oxygen atoms in total. The molecule has 144 valence electrons. The summed E-state index contributed by atoms with van der Waals surface area (Å²) in [7, 11) is 0. The van der Waals surface area contributed by atoms with E-state index < -0.39 is 11.8 Å². The summed E-state index contributed by atoms with van der Waals surface area (Å²) < 4.78 is 14.5. The van der Waals surface area contributed by atoms with Crippen molar-refractivity contribution < 1.29 is 14.3 Å². The lowest BCUT2D eigenvalue weighted by molar-refractivity contribution is -0.123. The van der Waals surface area contributed by atoms with Crippen molar-refractivity contribution in [3.63, 3.8) is 0 Å². The predicted octanol–water partition coefficient (Wildman–Crippen LogP) is 5.45. The van der Waals surface area contributed by atoms with Crippen LogP contribution in [0, 0.1) is 29.1 Å². The molecule has 7 unspecified atom stereocenters. The molecule has 3 aliphatic carbocycles. The third-order valence-electron chi connectivity index (χ3n) is 7.81. The number of hydrogen-bond donors (Lipinski definition) is 1. The first-order valence-corrected chi connectivity index (χ1v) is 11.3. The van der Waals surface area contributed by atoms with Crippen LogP contribution in [0.25, 0.3) is 0 Å². The molecule has 25 heavy (non-hydrogen) atoms. The molecule has 0 aliphatic heterocycles. The van der Waals surface area contributed by atoms with Gasteiger partial charge in [0, 0.05) is 5.92 Å². The van der Waals surface area contributed by atoms with Crippen molar-refractivity contribution in [1.29, 1.82) is 0 Å². The van der Waals surface area contributed by atoms with Crippen LogP contribution < -0.4 is 0 Å². The molecule has 3 saturated carbocycles. The second kappa shape index (κ2) is 7.58. The van der Waals surface area contributed by atoms with E-state index >= 15 is 0 Å². The summed E-state index contributed by atoms with van der Waals surface area (Å²) in [5.41, 5.74) is -0.550. The van der Waals surface area contributed by atoms with Gasteiger partial charge in [0.1, 0.15) is 12.0 Å². The Balaban J connectivity index is 1.64. The van der Waals surface area contributed by atoms with Crippen molar-refractivity contribution in [1.82, 2.24) is 0 Å². The SMILES string of the molecule is CC1(O)CCC2C(CCC3(C)CCCC3C(=O)CBr)CCC(F)C2C1. The Morgan fingerprint density at radius 1 is 1.16 bits per heavy atom. The zero-order chi connectivity index (χ0) is 18.2. The number of rotatable bonds is 5. The number of alkyl halides is 2. The Labute approximate surface area is 160 Å². The van der Waals surface area contributed by atoms with E-state index in [1.54, 1.807) is 0 Å². The van der Waals surface area contributed by atoms with Gasteiger partial charge in [-0.25, -0.2) is 4.39 Å². The molecule has 3 aliphatic rings. The van der Waals surface area contributed by atoms with E-state index in [1.807, 2.05) is 6.92 Å². The summed E-state index contributed by atoms with van der Waals surface area (Å²) in [5, 5.41) is 10.8. The highest BCUT2D eigenvalue weighted by atomic mass is 79.9. The molecule has 0 amide bonds. The third kappa shape index (κ3) is 4.15. The van der Waals surface area contributed by atoms with Crippen molar-refractivity contribution >= 4 is 21.7 Å². The molecule has 0 bridgehead atoms. The number of halogens is 2. The van der Waals surface area contributed by atoms with Gasteiger partial charge >= 0.3 is 0 Å². The fourth-order valence-electron chi connectivity index (χ4n) is 6.28. The van der Waals surface area contributed by atoms with E-state index in [0.29, 0.717) is 35.8 Å². The van der Waals surface area contributed by atoms with Gasteiger partial charge in [0.2, 0.25) is 0 Å². The Bertz CT molecular complexity index is 494. The average molecular weight is 417 g/mol. The number of aliphatic hydroxyl groups is 1. The molecule has 0 heterocycles. The van der Waals surface area contributed by atoms with Gasteiger partial charge < -0.3 is 5.11 Å². The van der Waals surface area contributed by atoms with E-state index in [1.165, 1.54) is 0 Å². The lowest BCUT2D eigenvalue weighted by atomic mass is 9.59. The summed E-state index contributed by atoms with van der Waals surface area (Å²) in [6.07, 6.45) is 8.85. The maximum atomic E-state index is 14.5. The topological polar surface area (TPSA) is 37.3 Å². The summed E-state index contributed by atoms with van der Waals surface area (Å²) in [6, 6.07) is 0. The van der Waals surface area contributed by atoms with Crippen molar-refractivity contribution in [2.45, 2.75) is 89.8 Å². The molecule has 0 aromatic heterocycles. The first kappa shape index (κ1) is 19.8. The fourth-order valence-corrected chi connectivity index (χ4v) is 6.67. The summed E-state index contributed by atoms with van der Waals surface area (Å²) >= 11 is 3.35. The fraction of sp³-hybridized carbons (Fsp3) is 0.952. The van der Waals surface area contributed by atoms with Crippen molar-refractivity contribution in [2.24, 2.45) is 29.1 Å². The molecule has 0 aromatic carbocycles. The molecule has 3 fully saturated rings. The minimum atomic E-state index is -0.738. The van der Waals surface area contributed by atoms with Crippen LogP contribution in [-0.2, 0) is 4.79 Å². The van der Waals surface area contributed by atoms with Gasteiger partial charge in [-0.2, -0.15) is 0 Å². The normalized spacial score (nSPS) is 47.5. The largest absolute Gasteiger partial charge is 0.390 e. The van der Waals surface area contributed by atoms with Crippen molar-refractivity contribution in [3.8, 4) is 0 Å². The molecule has 4 heteroatoms. The molecular weight excluding hydrogens is 383 g/mol. The molecule has 0 aromatic rings. The van der Waals surface area contributed by atoms with Gasteiger partial charge in [0.25, 0.3) is 0 Å². The zero-order valence-electron chi connectivity index (χ0n) is 15.8. The highest BCUT2D eigenvalue weighted by molar-refractivity contribution is 9.09. The lowest BCUT2D eigenvalue weighted by Crippen LogP contribution is -2.46. The van der Waals surface area contributed by atoms with E-state index in [2.05, 4.69) is 22.9 Å². The standard InChI is InChI=1S/C21H34BrFO2/c1-20(9-3-4-17(20)19(24)13-22)10-7-14-5-6-18(23)16-12-21(2,25)11-8-15(14)16/h14-18,25H,3-13H2,1-2H3. The van der Waals surface area contributed by atoms with Gasteiger partial charge in [-0.05, 0) is 87.9 Å². The van der Waals surface area contributed by atoms with Crippen LogP contribution in [-0.4, -0.2) is 28.0 Å². The Kier molecular flexibility index (Phi) is 6.00. The van der Waals surface area contributed by atoms with E-state index in [0.717, 1.165) is 51.4 Å². The molecule has 0 radical (unpaired) electrons. The summed E-state index contributed by atoms with van der Waals surface area (Å²) in [5.74, 6) is 1.61. The van der Waals surface area contributed by atoms with Crippen LogP contribution in [0.1, 0.15) is 78.1 Å². The lowest BCUT2D eigenvalue weighted by Gasteiger charge is -2.48. The second-order valence-electron chi connectivity index (χ2n) is 9.66. The number of carbonyl (C=O) groups excluding carboxylic acids is 1. The molecule has 3 rings (SSSR count). The van der Waals surface area contributed by atoms with E-state index in [4.69, 9.17) is 0 Å². The predicted molar refractivity (Wildman–Crippen MR) is 103 cm³/mol. The van der Waals surface area contributed by atoms with Crippen LogP contribution >= 0.6 is 15.9 Å². The van der Waals surface area contributed by atoms with Crippen LogP contribution in [0.15, 0.2) is 0 Å². The summed E-state index contributed by atoms with van der Waals surface area (Å²) in [4.78, 5) is 12.3. The monoisotopic (exact) mass is 416 g/mol. The highest BCUT2D eigenvalue weighted by Crippen LogP contribution is 2.52. The second-order valence-corrected chi connectivity index (χ2v) is 10.2. The molecule has 0 saturated heterocycles. The van der Waals surface area contributed by atoms with Crippen LogP contribution in [0.3, 0.4) is 0 Å². The van der Waals surface area contributed by atoms with Gasteiger partial charge in [-0.15, -0.1) is 0 Å². The number of ketones is 1. The minimum absolute atomic E-state index is 0.0406. The van der Waals surface area contributed by atoms with Crippen molar-refractivity contribution in [3.05, 3.63) is 0 Å². The average Bonchev–Trinajstić information content (AvgIpc) is 2.95. The van der Waals surface area contributed by atoms with E-state index in [-0.39, 0.29) is 17.3 Å². The van der Waals surface area contributed by atoms with Crippen LogP contribution in [0.2, 0.25) is 0 Å². The zero-order valence-corrected chi connectivity index (χ0v) is 17.4. The molecular formula is C21H34BrFO2. The Morgan fingerprint density at radius 3 is 2.64 bits per heavy atom. The number of Topliss-reactive ketones (excluding diaryl/α,β-unsaturated/α-hetero) is 1. The molecule has 7 atom stereocenters. The minimum Gasteiger partial charge on any atom is -0.390 e. The van der Waals surface area contributed by atoms with Crippen molar-refractivity contribution in [2.75, 3.05) is 5.33 Å². The van der Waals surface area contributed by atoms with Crippen LogP contribution in [0.4, 0.5) is 4.39 Å². The van der Waals surface area contributed by atoms with Crippen LogP contribution in [0.5, 0.6) is 0 Å². The molecule has 0 spiro atoms. The first-order chi connectivity index (χ1) is 11.8. The summed E-state index contributed by atoms with van der Waals surface area (Å²) in [6.45, 7) is 4.17. The maximum Gasteiger partial charge on any atom is 0.147 e. The van der Waals surface area contributed by atoms with Gasteiger partial charge in [0.15, 0.2) is 0 Å². The Hall–Kier alpha value is 0.0400. The number of carbonyl (C=O) groups is 1. The Morgan fingerprint density at radius 2 is 1.92 bits per heavy atom. The number of fused-ring (bicyclic) bond motifs is 1. The van der Waals surface area contributed by atoms with E-state index in [9.17, 15) is 14.3 Å². The number of hydrogen-bond acceptors (Lipinski definition) is 2. The highest BCUT2D eigenvalue weighted by Gasteiger charge is 2.47. The third-order valence-corrected chi connectivity index (χ3v) is 8.37. The maximum absolute atomic E-state index is 14.5. The van der Waals surface area contributed by atoms with Gasteiger partial charge in [0.05, 0.1) is 10.9 Å². The quantitative estimate of drug-likeness (QED) is 0.604.